The van der Waals surface area contributed by atoms with Gasteiger partial charge in [-0.3, -0.25) is 0 Å². The Kier molecular flexibility index (Phi) is 7.18. The molecule has 0 radical (unpaired) electrons. The number of carbonyl (C=O) groups excluding carboxylic acids is 1. The molecular weight excluding hydrogens is 508 g/mol. The van der Waals surface area contributed by atoms with Gasteiger partial charge in [0, 0.05) is 19.3 Å². The van der Waals surface area contributed by atoms with Crippen LogP contribution in [-0.2, 0) is 19.7 Å². The van der Waals surface area contributed by atoms with E-state index in [1.807, 2.05) is 0 Å². The number of aromatic nitrogens is 3. The molecule has 0 saturated carbocycles. The fourth-order valence-electron chi connectivity index (χ4n) is 2.34. The van der Waals surface area contributed by atoms with E-state index in [9.17, 15) is 30.8 Å². The first-order chi connectivity index (χ1) is 15.9. The van der Waals surface area contributed by atoms with Gasteiger partial charge in [0.05, 0.1) is 15.6 Å². The molecule has 3 rings (SSSR count). The highest BCUT2D eigenvalue weighted by molar-refractivity contribution is 7.89. The van der Waals surface area contributed by atoms with Crippen molar-refractivity contribution in [2.75, 3.05) is 17.7 Å². The Morgan fingerprint density at radius 1 is 1.03 bits per heavy atom. The molecule has 2 aromatic heterocycles. The maximum atomic E-state index is 14.3. The van der Waals surface area contributed by atoms with Crippen LogP contribution in [0.15, 0.2) is 53.8 Å². The number of nitrogens with zero attached hydrogens (tertiary/aromatic N) is 4. The van der Waals surface area contributed by atoms with Crippen LogP contribution in [-0.4, -0.2) is 47.0 Å². The number of alkyl halides is 3. The molecule has 0 saturated heterocycles. The van der Waals surface area contributed by atoms with Crippen molar-refractivity contribution in [3.8, 4) is 0 Å². The predicted octanol–water partition coefficient (Wildman–Crippen LogP) is 3.79. The van der Waals surface area contributed by atoms with Crippen molar-refractivity contribution in [3.63, 3.8) is 0 Å². The molecule has 1 aromatic carbocycles. The van der Waals surface area contributed by atoms with Gasteiger partial charge in [-0.25, -0.2) is 32.6 Å². The van der Waals surface area contributed by atoms with Gasteiger partial charge < -0.3 is 15.5 Å². The molecule has 16 heteroatoms. The summed E-state index contributed by atoms with van der Waals surface area (Å²) in [5, 5.41) is 5.82. The number of hydrogen-bond donors (Lipinski definition) is 2. The Hall–Kier alpha value is -3.56. The van der Waals surface area contributed by atoms with Crippen LogP contribution >= 0.6 is 11.6 Å². The van der Waals surface area contributed by atoms with Crippen molar-refractivity contribution in [3.05, 3.63) is 59.8 Å². The fraction of sp³-hybridized carbons (Fsp3) is 0.111. The van der Waals surface area contributed by atoms with Crippen LogP contribution in [0.5, 0.6) is 0 Å². The molecule has 0 aliphatic heterocycles. The molecule has 0 aliphatic carbocycles. The number of benzene rings is 1. The van der Waals surface area contributed by atoms with Crippen molar-refractivity contribution in [2.45, 2.75) is 11.1 Å². The number of hydroxylamine groups is 1. The van der Waals surface area contributed by atoms with E-state index in [1.54, 1.807) is 12.1 Å². The second kappa shape index (κ2) is 9.74. The van der Waals surface area contributed by atoms with Crippen LogP contribution in [0.2, 0.25) is 5.02 Å². The average molecular weight is 521 g/mol. The molecule has 10 nitrogen and oxygen atoms in total. The maximum absolute atomic E-state index is 14.3. The van der Waals surface area contributed by atoms with Crippen molar-refractivity contribution >= 4 is 50.7 Å². The highest BCUT2D eigenvalue weighted by Gasteiger charge is 2.43. The van der Waals surface area contributed by atoms with Gasteiger partial charge in [-0.2, -0.15) is 13.2 Å². The van der Waals surface area contributed by atoms with E-state index in [4.69, 9.17) is 11.6 Å². The predicted molar refractivity (Wildman–Crippen MR) is 111 cm³/mol. The summed E-state index contributed by atoms with van der Waals surface area (Å²) < 4.78 is 76.1. The Bertz CT molecular complexity index is 1310. The molecule has 0 amide bonds. The molecule has 0 atom stereocenters. The van der Waals surface area contributed by atoms with Crippen molar-refractivity contribution in [1.29, 1.82) is 0 Å². The first-order valence-corrected chi connectivity index (χ1v) is 10.7. The van der Waals surface area contributed by atoms with Crippen LogP contribution < -0.4 is 10.6 Å². The van der Waals surface area contributed by atoms with Gasteiger partial charge in [-0.1, -0.05) is 11.6 Å². The minimum atomic E-state index is -5.42. The number of rotatable bonds is 7. The number of anilines is 4. The molecule has 0 fully saturated rings. The number of pyridine rings is 1. The number of carbonyl (C=O) groups is 1. The van der Waals surface area contributed by atoms with Crippen LogP contribution in [0.25, 0.3) is 0 Å². The lowest BCUT2D eigenvalue weighted by Gasteiger charge is -2.18. The lowest BCUT2D eigenvalue weighted by Crippen LogP contribution is -2.36. The average Bonchev–Trinajstić information content (AvgIpc) is 2.76. The van der Waals surface area contributed by atoms with Gasteiger partial charge >= 0.3 is 12.1 Å². The SMILES string of the molecule is CN(OC(=O)C(F)(F)F)S(=O)(=O)c1ccc(F)c(Nc2cc(Nc3ccc(Cl)cn3)ncn2)c1. The zero-order chi connectivity index (χ0) is 25.1. The summed E-state index contributed by atoms with van der Waals surface area (Å²) in [6.07, 6.45) is -2.89. The van der Waals surface area contributed by atoms with Crippen LogP contribution in [0.4, 0.5) is 40.7 Å². The molecule has 0 aliphatic rings. The van der Waals surface area contributed by atoms with Crippen LogP contribution in [0, 0.1) is 5.82 Å². The third-order valence-electron chi connectivity index (χ3n) is 3.93. The summed E-state index contributed by atoms with van der Waals surface area (Å²) >= 11 is 5.77. The third kappa shape index (κ3) is 6.06. The topological polar surface area (TPSA) is 126 Å². The molecule has 3 aromatic rings. The quantitative estimate of drug-likeness (QED) is 0.353. The molecule has 34 heavy (non-hydrogen) atoms. The van der Waals surface area contributed by atoms with Crippen LogP contribution in [0.3, 0.4) is 0 Å². The molecule has 2 N–H and O–H groups in total. The van der Waals surface area contributed by atoms with Gasteiger partial charge in [0.15, 0.2) is 0 Å². The largest absolute Gasteiger partial charge is 0.492 e. The second-order valence-corrected chi connectivity index (χ2v) is 8.71. The van der Waals surface area contributed by atoms with Crippen molar-refractivity contribution in [1.82, 2.24) is 19.4 Å². The minimum Gasteiger partial charge on any atom is -0.345 e. The summed E-state index contributed by atoms with van der Waals surface area (Å²) in [4.78, 5) is 26.0. The molecule has 0 unspecified atom stereocenters. The fourth-order valence-corrected chi connectivity index (χ4v) is 3.42. The summed E-state index contributed by atoms with van der Waals surface area (Å²) in [7, 11) is -4.17. The van der Waals surface area contributed by atoms with E-state index in [0.29, 0.717) is 17.9 Å². The summed E-state index contributed by atoms with van der Waals surface area (Å²) in [6, 6.07) is 6.85. The number of hydrogen-bond acceptors (Lipinski definition) is 9. The summed E-state index contributed by atoms with van der Waals surface area (Å²) in [5.41, 5.74) is -0.383. The summed E-state index contributed by atoms with van der Waals surface area (Å²) in [6.45, 7) is 0. The monoisotopic (exact) mass is 520 g/mol. The number of nitrogens with one attached hydrogen (secondary N) is 2. The number of halogens is 5. The molecular formula is C18H13ClF4N6O4S. The van der Waals surface area contributed by atoms with E-state index in [1.165, 1.54) is 12.3 Å². The van der Waals surface area contributed by atoms with E-state index < -0.39 is 32.9 Å². The van der Waals surface area contributed by atoms with Crippen LogP contribution in [0.1, 0.15) is 0 Å². The van der Waals surface area contributed by atoms with Gasteiger partial charge in [0.2, 0.25) is 0 Å². The highest BCUT2D eigenvalue weighted by Crippen LogP contribution is 2.26. The second-order valence-electron chi connectivity index (χ2n) is 6.33. The summed E-state index contributed by atoms with van der Waals surface area (Å²) in [5.74, 6) is -2.96. The Labute approximate surface area is 194 Å². The third-order valence-corrected chi connectivity index (χ3v) is 5.76. The van der Waals surface area contributed by atoms with Gasteiger partial charge in [0.25, 0.3) is 10.0 Å². The Morgan fingerprint density at radius 3 is 2.32 bits per heavy atom. The first kappa shape index (κ1) is 25.1. The molecule has 180 valence electrons. The van der Waals surface area contributed by atoms with E-state index in [-0.39, 0.29) is 21.8 Å². The smallest absolute Gasteiger partial charge is 0.345 e. The highest BCUT2D eigenvalue weighted by atomic mass is 35.5. The lowest BCUT2D eigenvalue weighted by atomic mass is 10.3. The normalized spacial score (nSPS) is 11.9. The maximum Gasteiger partial charge on any atom is 0.492 e. The van der Waals surface area contributed by atoms with E-state index in [0.717, 1.165) is 24.5 Å². The van der Waals surface area contributed by atoms with Gasteiger partial charge in [-0.05, 0) is 34.8 Å². The Balaban J connectivity index is 1.81. The van der Waals surface area contributed by atoms with Gasteiger partial charge in [-0.15, -0.1) is 0 Å². The standard InChI is InChI=1S/C18H13ClF4N6O4S/c1-29(33-17(30)18(21,22)23)34(31,32)11-3-4-12(20)13(6-11)27-15-7-16(26-9-25-15)28-14-5-2-10(19)8-24-14/h2-9H,1H3,(H2,24,25,26,27,28). The number of sulfonamides is 1. The van der Waals surface area contributed by atoms with E-state index >= 15 is 0 Å². The molecule has 0 bridgehead atoms. The minimum absolute atomic E-state index is 0.0387. The van der Waals surface area contributed by atoms with Gasteiger partial charge in [0.1, 0.15) is 29.6 Å². The molecule has 0 spiro atoms. The van der Waals surface area contributed by atoms with E-state index in [2.05, 4.69) is 30.4 Å². The zero-order valence-corrected chi connectivity index (χ0v) is 18.4. The Morgan fingerprint density at radius 2 is 1.71 bits per heavy atom. The zero-order valence-electron chi connectivity index (χ0n) is 16.8. The van der Waals surface area contributed by atoms with Crippen molar-refractivity contribution < 1.29 is 35.6 Å². The molecule has 2 heterocycles. The first-order valence-electron chi connectivity index (χ1n) is 8.91. The van der Waals surface area contributed by atoms with Crippen molar-refractivity contribution in [2.24, 2.45) is 0 Å². The lowest BCUT2D eigenvalue weighted by molar-refractivity contribution is -0.219.